The van der Waals surface area contributed by atoms with Crippen molar-refractivity contribution in [1.29, 1.82) is 0 Å². The zero-order valence-electron chi connectivity index (χ0n) is 16.7. The fourth-order valence-electron chi connectivity index (χ4n) is 4.66. The van der Waals surface area contributed by atoms with Gasteiger partial charge in [-0.25, -0.2) is 14.8 Å². The van der Waals surface area contributed by atoms with Crippen molar-refractivity contribution in [3.63, 3.8) is 0 Å². The van der Waals surface area contributed by atoms with Crippen molar-refractivity contribution in [3.8, 4) is 11.3 Å². The molecule has 3 aliphatic heterocycles. The molecule has 2 bridgehead atoms. The van der Waals surface area contributed by atoms with Crippen molar-refractivity contribution in [3.05, 3.63) is 47.9 Å². The van der Waals surface area contributed by atoms with Crippen molar-refractivity contribution >= 4 is 6.03 Å². The van der Waals surface area contributed by atoms with Crippen LogP contribution < -0.4 is 10.6 Å². The van der Waals surface area contributed by atoms with Crippen molar-refractivity contribution in [1.82, 2.24) is 25.5 Å². The highest BCUT2D eigenvalue weighted by Crippen LogP contribution is 2.41. The van der Waals surface area contributed by atoms with Gasteiger partial charge >= 0.3 is 6.03 Å². The molecule has 1 aromatic heterocycles. The molecular weight excluding hydrogens is 350 g/mol. The third kappa shape index (κ3) is 4.02. The minimum Gasteiger partial charge on any atom is -0.338 e. The number of piperidine rings is 3. The van der Waals surface area contributed by atoms with Crippen LogP contribution in [0.2, 0.25) is 0 Å². The van der Waals surface area contributed by atoms with E-state index in [0.717, 1.165) is 42.3 Å². The van der Waals surface area contributed by atoms with Crippen LogP contribution in [-0.2, 0) is 0 Å². The van der Waals surface area contributed by atoms with E-state index in [1.54, 1.807) is 0 Å². The van der Waals surface area contributed by atoms with Gasteiger partial charge in [-0.2, -0.15) is 0 Å². The van der Waals surface area contributed by atoms with Crippen LogP contribution in [0.25, 0.3) is 11.3 Å². The van der Waals surface area contributed by atoms with Gasteiger partial charge in [0.25, 0.3) is 0 Å². The Morgan fingerprint density at radius 2 is 2.04 bits per heavy atom. The fraction of sp³-hybridized carbons (Fsp3) is 0.500. The number of hydrogen-bond acceptors (Lipinski definition) is 4. The second-order valence-corrected chi connectivity index (χ2v) is 7.87. The molecule has 3 saturated heterocycles. The molecule has 0 spiro atoms. The predicted octanol–water partition coefficient (Wildman–Crippen LogP) is 2.95. The van der Waals surface area contributed by atoms with Crippen LogP contribution in [0.1, 0.15) is 37.2 Å². The van der Waals surface area contributed by atoms with E-state index < -0.39 is 0 Å². The first-order valence-electron chi connectivity index (χ1n) is 10.3. The summed E-state index contributed by atoms with van der Waals surface area (Å²) in [6, 6.07) is 12.9. The summed E-state index contributed by atoms with van der Waals surface area (Å²) >= 11 is 0. The highest BCUT2D eigenvalue weighted by Gasteiger charge is 2.41. The normalized spacial score (nSPS) is 26.1. The zero-order valence-corrected chi connectivity index (χ0v) is 16.7. The number of amides is 2. The maximum Gasteiger partial charge on any atom is 0.314 e. The number of benzene rings is 1. The molecule has 6 heteroatoms. The minimum atomic E-state index is -0.0689. The van der Waals surface area contributed by atoms with Gasteiger partial charge in [-0.1, -0.05) is 30.3 Å². The van der Waals surface area contributed by atoms with E-state index in [-0.39, 0.29) is 6.03 Å². The summed E-state index contributed by atoms with van der Waals surface area (Å²) in [6.07, 6.45) is 2.31. The Morgan fingerprint density at radius 1 is 1.21 bits per heavy atom. The molecule has 0 aliphatic carbocycles. The van der Waals surface area contributed by atoms with E-state index in [9.17, 15) is 4.79 Å². The summed E-state index contributed by atoms with van der Waals surface area (Å²) in [6.45, 7) is 7.41. The van der Waals surface area contributed by atoms with Crippen molar-refractivity contribution in [2.24, 2.45) is 5.92 Å². The van der Waals surface area contributed by atoms with E-state index in [0.29, 0.717) is 31.0 Å². The van der Waals surface area contributed by atoms with Crippen LogP contribution >= 0.6 is 0 Å². The highest BCUT2D eigenvalue weighted by molar-refractivity contribution is 5.73. The minimum absolute atomic E-state index is 0.0689. The SMILES string of the molecule is CCNC(=O)NC[C@H]1C[C@H]2CCN1C[C@@H]2c1cc(-c2ccccc2)nc(C)n1. The molecule has 6 nitrogen and oxygen atoms in total. The average molecular weight is 380 g/mol. The number of aryl methyl sites for hydroxylation is 1. The number of fused-ring (bicyclic) bond motifs is 3. The smallest absolute Gasteiger partial charge is 0.314 e. The molecule has 2 N–H and O–H groups in total. The number of rotatable bonds is 5. The number of hydrogen-bond donors (Lipinski definition) is 2. The lowest BCUT2D eigenvalue weighted by molar-refractivity contribution is 0.0305. The van der Waals surface area contributed by atoms with Gasteiger partial charge in [0.05, 0.1) is 5.69 Å². The number of nitrogens with one attached hydrogen (secondary N) is 2. The number of carbonyl (C=O) groups is 1. The first kappa shape index (κ1) is 18.9. The average Bonchev–Trinajstić information content (AvgIpc) is 2.73. The van der Waals surface area contributed by atoms with E-state index in [2.05, 4.69) is 38.7 Å². The molecule has 28 heavy (non-hydrogen) atoms. The second-order valence-electron chi connectivity index (χ2n) is 7.87. The van der Waals surface area contributed by atoms with Crippen molar-refractivity contribution in [2.75, 3.05) is 26.2 Å². The molecule has 4 atom stereocenters. The third-order valence-electron chi connectivity index (χ3n) is 6.02. The standard InChI is InChI=1S/C22H29N5O/c1-3-23-22(28)24-13-18-11-17-9-10-27(18)14-19(17)21-12-20(25-15(2)26-21)16-7-5-4-6-8-16/h4-8,12,17-19H,3,9-11,13-14H2,1-2H3,(H2,23,24,28)/t17-,18-,19+/m1/s1. The van der Waals surface area contributed by atoms with Gasteiger partial charge in [-0.15, -0.1) is 0 Å². The molecule has 4 heterocycles. The Labute approximate surface area is 166 Å². The van der Waals surface area contributed by atoms with Gasteiger partial charge < -0.3 is 10.6 Å². The maximum absolute atomic E-state index is 11.7. The zero-order chi connectivity index (χ0) is 19.5. The molecule has 1 unspecified atom stereocenters. The van der Waals surface area contributed by atoms with E-state index in [1.165, 1.54) is 6.42 Å². The van der Waals surface area contributed by atoms with E-state index in [4.69, 9.17) is 4.98 Å². The monoisotopic (exact) mass is 379 g/mol. The molecule has 148 valence electrons. The molecule has 5 rings (SSSR count). The lowest BCUT2D eigenvalue weighted by Crippen LogP contribution is -2.56. The molecule has 0 saturated carbocycles. The van der Waals surface area contributed by atoms with Gasteiger partial charge in [0.2, 0.25) is 0 Å². The van der Waals surface area contributed by atoms with E-state index in [1.807, 2.05) is 32.0 Å². The van der Waals surface area contributed by atoms with Crippen LogP contribution in [0.15, 0.2) is 36.4 Å². The lowest BCUT2D eigenvalue weighted by Gasteiger charge is -2.49. The molecule has 2 amide bonds. The van der Waals surface area contributed by atoms with Crippen LogP contribution in [0.3, 0.4) is 0 Å². The Morgan fingerprint density at radius 3 is 2.75 bits per heavy atom. The summed E-state index contributed by atoms with van der Waals surface area (Å²) in [5, 5.41) is 5.82. The lowest BCUT2D eigenvalue weighted by atomic mass is 9.74. The first-order valence-corrected chi connectivity index (χ1v) is 10.3. The topological polar surface area (TPSA) is 70.2 Å². The van der Waals surface area contributed by atoms with Gasteiger partial charge in [0.15, 0.2) is 0 Å². The third-order valence-corrected chi connectivity index (χ3v) is 6.02. The first-order chi connectivity index (χ1) is 13.6. The Balaban J connectivity index is 1.48. The van der Waals surface area contributed by atoms with Crippen molar-refractivity contribution < 1.29 is 4.79 Å². The van der Waals surface area contributed by atoms with Crippen LogP contribution in [-0.4, -0.2) is 53.1 Å². The summed E-state index contributed by atoms with van der Waals surface area (Å²) in [7, 11) is 0. The number of aromatic nitrogens is 2. The van der Waals surface area contributed by atoms with Gasteiger partial charge in [0, 0.05) is 42.9 Å². The predicted molar refractivity (Wildman–Crippen MR) is 110 cm³/mol. The number of nitrogens with zero attached hydrogens (tertiary/aromatic N) is 3. The van der Waals surface area contributed by atoms with Crippen LogP contribution in [0, 0.1) is 12.8 Å². The quantitative estimate of drug-likeness (QED) is 0.838. The Bertz CT molecular complexity index is 825. The summed E-state index contributed by atoms with van der Waals surface area (Å²) in [5.74, 6) is 1.89. The van der Waals surface area contributed by atoms with Gasteiger partial charge in [0.1, 0.15) is 5.82 Å². The highest BCUT2D eigenvalue weighted by atomic mass is 16.2. The molecule has 3 fully saturated rings. The fourth-order valence-corrected chi connectivity index (χ4v) is 4.66. The molecule has 0 radical (unpaired) electrons. The van der Waals surface area contributed by atoms with E-state index >= 15 is 0 Å². The Hall–Kier alpha value is -2.47. The number of carbonyl (C=O) groups excluding carboxylic acids is 1. The summed E-state index contributed by atoms with van der Waals surface area (Å²) in [4.78, 5) is 23.7. The molecule has 1 aromatic carbocycles. The largest absolute Gasteiger partial charge is 0.338 e. The molecule has 3 aliphatic rings. The summed E-state index contributed by atoms with van der Waals surface area (Å²) < 4.78 is 0. The van der Waals surface area contributed by atoms with Gasteiger partial charge in [-0.3, -0.25) is 4.90 Å². The molecular formula is C22H29N5O. The summed E-state index contributed by atoms with van der Waals surface area (Å²) in [5.41, 5.74) is 3.31. The Kier molecular flexibility index (Phi) is 5.57. The second kappa shape index (κ2) is 8.27. The maximum atomic E-state index is 11.7. The number of urea groups is 1. The van der Waals surface area contributed by atoms with Gasteiger partial charge in [-0.05, 0) is 45.2 Å². The molecule has 2 aromatic rings. The van der Waals surface area contributed by atoms with Crippen LogP contribution in [0.5, 0.6) is 0 Å². The van der Waals surface area contributed by atoms with Crippen LogP contribution in [0.4, 0.5) is 4.79 Å². The van der Waals surface area contributed by atoms with Crippen molar-refractivity contribution in [2.45, 2.75) is 38.6 Å².